The molecular formula is C18H15FN2O2. The number of halogens is 1. The van der Waals surface area contributed by atoms with Gasteiger partial charge in [0.05, 0.1) is 31.0 Å². The number of nitrogens with zero attached hydrogens (tertiary/aromatic N) is 2. The Bertz CT molecular complexity index is 781. The number of amides is 1. The van der Waals surface area contributed by atoms with Crippen molar-refractivity contribution in [1.82, 2.24) is 0 Å². The summed E-state index contributed by atoms with van der Waals surface area (Å²) in [4.78, 5) is 13.6. The predicted octanol–water partition coefficient (Wildman–Crippen LogP) is 3.43. The van der Waals surface area contributed by atoms with Crippen molar-refractivity contribution in [3.8, 4) is 11.8 Å². The van der Waals surface area contributed by atoms with Gasteiger partial charge in [0.2, 0.25) is 0 Å². The molecule has 0 atom stereocenters. The highest BCUT2D eigenvalue weighted by Gasteiger charge is 2.20. The Kier molecular flexibility index (Phi) is 5.11. The fourth-order valence-corrected chi connectivity index (χ4v) is 2.23. The molecule has 0 radical (unpaired) electrons. The SMILES string of the molecule is C=CC(=O)N(Cc1cccc(C#N)c1)c1cccc(F)c1OC. The predicted molar refractivity (Wildman–Crippen MR) is 85.5 cm³/mol. The minimum atomic E-state index is -0.558. The zero-order valence-corrected chi connectivity index (χ0v) is 12.6. The third-order valence-corrected chi connectivity index (χ3v) is 3.28. The molecular weight excluding hydrogens is 295 g/mol. The number of ether oxygens (including phenoxy) is 1. The van der Waals surface area contributed by atoms with Crippen LogP contribution in [0, 0.1) is 17.1 Å². The number of nitriles is 1. The minimum absolute atomic E-state index is 0.0147. The van der Waals surface area contributed by atoms with Crippen LogP contribution in [0.25, 0.3) is 0 Å². The molecule has 0 N–H and O–H groups in total. The molecule has 0 aliphatic rings. The van der Waals surface area contributed by atoms with E-state index in [0.717, 1.165) is 11.6 Å². The molecule has 0 aliphatic heterocycles. The van der Waals surface area contributed by atoms with Crippen LogP contribution in [0.4, 0.5) is 10.1 Å². The molecule has 23 heavy (non-hydrogen) atoms. The monoisotopic (exact) mass is 310 g/mol. The molecule has 0 unspecified atom stereocenters. The number of rotatable bonds is 5. The van der Waals surface area contributed by atoms with E-state index >= 15 is 0 Å². The van der Waals surface area contributed by atoms with E-state index in [4.69, 9.17) is 10.00 Å². The van der Waals surface area contributed by atoms with Crippen LogP contribution in [0.3, 0.4) is 0 Å². The lowest BCUT2D eigenvalue weighted by Gasteiger charge is -2.23. The summed E-state index contributed by atoms with van der Waals surface area (Å²) in [6.07, 6.45) is 1.15. The molecule has 0 saturated heterocycles. The van der Waals surface area contributed by atoms with Crippen molar-refractivity contribution in [3.63, 3.8) is 0 Å². The molecule has 2 rings (SSSR count). The first-order valence-corrected chi connectivity index (χ1v) is 6.86. The molecule has 5 heteroatoms. The summed E-state index contributed by atoms with van der Waals surface area (Å²) in [7, 11) is 1.34. The van der Waals surface area contributed by atoms with Gasteiger partial charge in [-0.2, -0.15) is 5.26 Å². The Morgan fingerprint density at radius 1 is 1.39 bits per heavy atom. The summed E-state index contributed by atoms with van der Waals surface area (Å²) in [5.41, 5.74) is 1.53. The van der Waals surface area contributed by atoms with E-state index in [2.05, 4.69) is 6.58 Å². The van der Waals surface area contributed by atoms with E-state index in [1.54, 1.807) is 30.3 Å². The maximum absolute atomic E-state index is 13.9. The van der Waals surface area contributed by atoms with Crippen molar-refractivity contribution >= 4 is 11.6 Å². The fourth-order valence-electron chi connectivity index (χ4n) is 2.23. The zero-order chi connectivity index (χ0) is 16.8. The fraction of sp³-hybridized carbons (Fsp3) is 0.111. The van der Waals surface area contributed by atoms with Gasteiger partial charge in [0.25, 0.3) is 5.91 Å². The molecule has 0 bridgehead atoms. The maximum Gasteiger partial charge on any atom is 0.250 e. The Balaban J connectivity index is 2.46. The highest BCUT2D eigenvalue weighted by molar-refractivity contribution is 6.02. The maximum atomic E-state index is 13.9. The van der Waals surface area contributed by atoms with Crippen molar-refractivity contribution in [2.75, 3.05) is 12.0 Å². The Morgan fingerprint density at radius 2 is 2.13 bits per heavy atom. The van der Waals surface area contributed by atoms with Gasteiger partial charge < -0.3 is 9.64 Å². The van der Waals surface area contributed by atoms with Crippen LogP contribution in [0.1, 0.15) is 11.1 Å². The lowest BCUT2D eigenvalue weighted by Crippen LogP contribution is -2.29. The molecule has 116 valence electrons. The van der Waals surface area contributed by atoms with E-state index in [0.29, 0.717) is 11.3 Å². The van der Waals surface area contributed by atoms with E-state index < -0.39 is 11.7 Å². The summed E-state index contributed by atoms with van der Waals surface area (Å²) < 4.78 is 19.0. The van der Waals surface area contributed by atoms with Gasteiger partial charge >= 0.3 is 0 Å². The molecule has 0 heterocycles. The number of methoxy groups -OCH3 is 1. The second-order valence-electron chi connectivity index (χ2n) is 4.73. The average Bonchev–Trinajstić information content (AvgIpc) is 2.59. The lowest BCUT2D eigenvalue weighted by molar-refractivity contribution is -0.114. The van der Waals surface area contributed by atoms with Crippen LogP contribution in [0.15, 0.2) is 55.1 Å². The van der Waals surface area contributed by atoms with Gasteiger partial charge in [-0.05, 0) is 35.9 Å². The summed E-state index contributed by atoms with van der Waals surface area (Å²) in [5, 5.41) is 8.97. The number of hydrogen-bond acceptors (Lipinski definition) is 3. The average molecular weight is 310 g/mol. The first kappa shape index (κ1) is 16.2. The third kappa shape index (κ3) is 3.55. The number of carbonyl (C=O) groups excluding carboxylic acids is 1. The van der Waals surface area contributed by atoms with Crippen LogP contribution in [0.2, 0.25) is 0 Å². The first-order valence-electron chi connectivity index (χ1n) is 6.86. The molecule has 0 aliphatic carbocycles. The standard InChI is InChI=1S/C18H15FN2O2/c1-3-17(22)21(12-14-7-4-6-13(10-14)11-20)16-9-5-8-15(19)18(16)23-2/h3-10H,1,12H2,2H3. The van der Waals surface area contributed by atoms with Gasteiger partial charge in [0.1, 0.15) is 0 Å². The third-order valence-electron chi connectivity index (χ3n) is 3.28. The van der Waals surface area contributed by atoms with E-state index in [-0.39, 0.29) is 12.3 Å². The lowest BCUT2D eigenvalue weighted by atomic mass is 10.1. The van der Waals surface area contributed by atoms with E-state index in [1.165, 1.54) is 24.1 Å². The van der Waals surface area contributed by atoms with Gasteiger partial charge in [-0.3, -0.25) is 4.79 Å². The highest BCUT2D eigenvalue weighted by Crippen LogP contribution is 2.32. The largest absolute Gasteiger partial charge is 0.492 e. The molecule has 0 aromatic heterocycles. The van der Waals surface area contributed by atoms with Crippen LogP contribution in [-0.4, -0.2) is 13.0 Å². The van der Waals surface area contributed by atoms with Crippen LogP contribution in [-0.2, 0) is 11.3 Å². The van der Waals surface area contributed by atoms with Gasteiger partial charge in [0, 0.05) is 0 Å². The topological polar surface area (TPSA) is 53.3 Å². The van der Waals surface area contributed by atoms with Crippen LogP contribution >= 0.6 is 0 Å². The molecule has 0 fully saturated rings. The Hall–Kier alpha value is -3.13. The van der Waals surface area contributed by atoms with Gasteiger partial charge in [-0.25, -0.2) is 4.39 Å². The molecule has 2 aromatic carbocycles. The zero-order valence-electron chi connectivity index (χ0n) is 12.6. The Morgan fingerprint density at radius 3 is 2.78 bits per heavy atom. The second-order valence-corrected chi connectivity index (χ2v) is 4.73. The smallest absolute Gasteiger partial charge is 0.250 e. The molecule has 0 spiro atoms. The minimum Gasteiger partial charge on any atom is -0.492 e. The Labute approximate surface area is 134 Å². The van der Waals surface area contributed by atoms with Crippen LogP contribution < -0.4 is 9.64 Å². The van der Waals surface area contributed by atoms with Gasteiger partial charge in [-0.15, -0.1) is 0 Å². The van der Waals surface area contributed by atoms with Crippen molar-refractivity contribution in [3.05, 3.63) is 72.1 Å². The number of benzene rings is 2. The van der Waals surface area contributed by atoms with Gasteiger partial charge in [0.15, 0.2) is 11.6 Å². The summed E-state index contributed by atoms with van der Waals surface area (Å²) in [6, 6.07) is 13.3. The van der Waals surface area contributed by atoms with Crippen molar-refractivity contribution in [1.29, 1.82) is 5.26 Å². The normalized spacial score (nSPS) is 9.78. The number of hydrogen-bond donors (Lipinski definition) is 0. The number of carbonyl (C=O) groups is 1. The summed E-state index contributed by atoms with van der Waals surface area (Å²) in [6.45, 7) is 3.65. The first-order chi connectivity index (χ1) is 11.1. The molecule has 1 amide bonds. The second kappa shape index (κ2) is 7.23. The highest BCUT2D eigenvalue weighted by atomic mass is 19.1. The summed E-state index contributed by atoms with van der Waals surface area (Å²) >= 11 is 0. The van der Waals surface area contributed by atoms with Gasteiger partial charge in [-0.1, -0.05) is 24.8 Å². The molecule has 2 aromatic rings. The number of anilines is 1. The van der Waals surface area contributed by atoms with E-state index in [9.17, 15) is 9.18 Å². The van der Waals surface area contributed by atoms with Crippen molar-refractivity contribution in [2.45, 2.75) is 6.54 Å². The van der Waals surface area contributed by atoms with E-state index in [1.807, 2.05) is 6.07 Å². The number of para-hydroxylation sites is 1. The molecule has 0 saturated carbocycles. The van der Waals surface area contributed by atoms with Crippen molar-refractivity contribution < 1.29 is 13.9 Å². The quantitative estimate of drug-likeness (QED) is 0.795. The van der Waals surface area contributed by atoms with Crippen molar-refractivity contribution in [2.24, 2.45) is 0 Å². The summed E-state index contributed by atoms with van der Waals surface area (Å²) in [5.74, 6) is -0.965. The molecule has 4 nitrogen and oxygen atoms in total. The van der Waals surface area contributed by atoms with Crippen LogP contribution in [0.5, 0.6) is 5.75 Å².